The molecule has 1 aromatic heterocycles. The van der Waals surface area contributed by atoms with Crippen molar-refractivity contribution in [3.63, 3.8) is 0 Å². The van der Waals surface area contributed by atoms with Gasteiger partial charge in [-0.15, -0.1) is 0 Å². The molecule has 0 aliphatic carbocycles. The topological polar surface area (TPSA) is 92.9 Å². The number of carboxylic acid groups (broad SMARTS) is 1. The summed E-state index contributed by atoms with van der Waals surface area (Å²) in [6.45, 7) is 2.34. The van der Waals surface area contributed by atoms with Crippen molar-refractivity contribution in [3.8, 4) is 0 Å². The molecule has 0 aromatic carbocycles. The molecule has 0 saturated heterocycles. The van der Waals surface area contributed by atoms with Crippen LogP contribution in [0.2, 0.25) is 0 Å². The monoisotopic (exact) mass is 157 g/mol. The van der Waals surface area contributed by atoms with Gasteiger partial charge in [0.1, 0.15) is 0 Å². The van der Waals surface area contributed by atoms with E-state index in [1.165, 1.54) is 4.68 Å². The van der Waals surface area contributed by atoms with E-state index in [4.69, 9.17) is 5.11 Å². The van der Waals surface area contributed by atoms with E-state index in [9.17, 15) is 4.79 Å². The highest BCUT2D eigenvalue weighted by molar-refractivity contribution is 5.80. The van der Waals surface area contributed by atoms with Crippen LogP contribution < -0.4 is 5.32 Å². The molecular formula is C4H7N5O2. The molecule has 0 atom stereocenters. The summed E-state index contributed by atoms with van der Waals surface area (Å²) in [7, 11) is 0. The summed E-state index contributed by atoms with van der Waals surface area (Å²) in [6.07, 6.45) is -1.17. The molecule has 11 heavy (non-hydrogen) atoms. The Bertz CT molecular complexity index is 257. The fourth-order valence-corrected chi connectivity index (χ4v) is 0.603. The Kier molecular flexibility index (Phi) is 2.00. The summed E-state index contributed by atoms with van der Waals surface area (Å²) in [5.41, 5.74) is 0. The number of aryl methyl sites for hydroxylation is 1. The molecule has 1 rings (SSSR count). The third kappa shape index (κ3) is 1.63. The number of nitrogens with zero attached hydrogens (tertiary/aromatic N) is 4. The van der Waals surface area contributed by atoms with Gasteiger partial charge in [-0.2, -0.15) is 0 Å². The van der Waals surface area contributed by atoms with E-state index in [1.54, 1.807) is 0 Å². The molecule has 1 heterocycles. The molecule has 7 heteroatoms. The fourth-order valence-electron chi connectivity index (χ4n) is 0.603. The van der Waals surface area contributed by atoms with Crippen LogP contribution in [0.5, 0.6) is 0 Å². The molecule has 0 radical (unpaired) electrons. The number of nitrogens with one attached hydrogen (secondary N) is 1. The lowest BCUT2D eigenvalue weighted by atomic mass is 10.7. The van der Waals surface area contributed by atoms with Crippen LogP contribution in [0.3, 0.4) is 0 Å². The van der Waals surface area contributed by atoms with Crippen LogP contribution in [-0.4, -0.2) is 31.4 Å². The first-order valence-electron chi connectivity index (χ1n) is 3.00. The van der Waals surface area contributed by atoms with Gasteiger partial charge in [-0.25, -0.2) is 9.48 Å². The molecule has 0 unspecified atom stereocenters. The summed E-state index contributed by atoms with van der Waals surface area (Å²) < 4.78 is 1.34. The predicted octanol–water partition coefficient (Wildman–Crippen LogP) is -0.217. The number of hydrogen-bond acceptors (Lipinski definition) is 4. The average molecular weight is 157 g/mol. The molecule has 1 aromatic rings. The summed E-state index contributed by atoms with van der Waals surface area (Å²) in [5, 5.41) is 20.6. The molecule has 0 spiro atoms. The van der Waals surface area contributed by atoms with E-state index in [0.717, 1.165) is 0 Å². The molecule has 0 aliphatic rings. The molecular weight excluding hydrogens is 150 g/mol. The van der Waals surface area contributed by atoms with Gasteiger partial charge in [0.15, 0.2) is 0 Å². The zero-order chi connectivity index (χ0) is 8.27. The summed E-state index contributed by atoms with van der Waals surface area (Å²) in [5.74, 6) is 0.139. The van der Waals surface area contributed by atoms with Gasteiger partial charge >= 0.3 is 6.09 Å². The number of amides is 1. The second-order valence-electron chi connectivity index (χ2n) is 1.75. The van der Waals surface area contributed by atoms with Crippen molar-refractivity contribution in [2.75, 3.05) is 5.32 Å². The third-order valence-electron chi connectivity index (χ3n) is 1.05. The summed E-state index contributed by atoms with van der Waals surface area (Å²) in [6, 6.07) is 0. The van der Waals surface area contributed by atoms with Gasteiger partial charge in [-0.1, -0.05) is 5.10 Å². The lowest BCUT2D eigenvalue weighted by Crippen LogP contribution is -2.13. The molecule has 60 valence electrons. The summed E-state index contributed by atoms with van der Waals surface area (Å²) in [4.78, 5) is 10.1. The second-order valence-corrected chi connectivity index (χ2v) is 1.75. The standard InChI is InChI=1S/C4H7N5O2/c1-2-9-3(5-4(10)11)6-7-8-9/h2H2,1H3,(H,10,11)(H,5,6,8). The fraction of sp³-hybridized carbons (Fsp3) is 0.500. The number of rotatable bonds is 2. The molecule has 0 saturated carbocycles. The van der Waals surface area contributed by atoms with Gasteiger partial charge in [0.25, 0.3) is 5.95 Å². The van der Waals surface area contributed by atoms with E-state index in [2.05, 4.69) is 15.5 Å². The van der Waals surface area contributed by atoms with Crippen LogP contribution in [-0.2, 0) is 6.54 Å². The number of aromatic nitrogens is 4. The van der Waals surface area contributed by atoms with E-state index in [0.29, 0.717) is 6.54 Å². The Morgan fingerprint density at radius 3 is 3.09 bits per heavy atom. The minimum atomic E-state index is -1.17. The zero-order valence-corrected chi connectivity index (χ0v) is 5.85. The van der Waals surface area contributed by atoms with Crippen LogP contribution in [0, 0.1) is 0 Å². The SMILES string of the molecule is CCn1nnnc1NC(=O)O. The number of carbonyl (C=O) groups is 1. The first-order valence-corrected chi connectivity index (χ1v) is 3.00. The average Bonchev–Trinajstić information content (AvgIpc) is 2.34. The van der Waals surface area contributed by atoms with Gasteiger partial charge in [-0.05, 0) is 17.4 Å². The van der Waals surface area contributed by atoms with Crippen molar-refractivity contribution < 1.29 is 9.90 Å². The Morgan fingerprint density at radius 2 is 2.55 bits per heavy atom. The maximum atomic E-state index is 10.1. The smallest absolute Gasteiger partial charge is 0.411 e. The number of tetrazole rings is 1. The van der Waals surface area contributed by atoms with Crippen LogP contribution in [0.1, 0.15) is 6.92 Å². The first-order chi connectivity index (χ1) is 5.24. The quantitative estimate of drug-likeness (QED) is 0.619. The van der Waals surface area contributed by atoms with Gasteiger partial charge in [0, 0.05) is 6.54 Å². The maximum absolute atomic E-state index is 10.1. The van der Waals surface area contributed by atoms with Crippen LogP contribution in [0.25, 0.3) is 0 Å². The van der Waals surface area contributed by atoms with Crippen molar-refractivity contribution in [2.45, 2.75) is 13.5 Å². The highest BCUT2D eigenvalue weighted by atomic mass is 16.4. The highest BCUT2D eigenvalue weighted by Crippen LogP contribution is 1.97. The molecule has 0 bridgehead atoms. The maximum Gasteiger partial charge on any atom is 0.411 e. The number of hydrogen-bond donors (Lipinski definition) is 2. The molecule has 2 N–H and O–H groups in total. The highest BCUT2D eigenvalue weighted by Gasteiger charge is 2.05. The van der Waals surface area contributed by atoms with Crippen molar-refractivity contribution in [3.05, 3.63) is 0 Å². The largest absolute Gasteiger partial charge is 0.465 e. The van der Waals surface area contributed by atoms with Crippen LogP contribution in [0.4, 0.5) is 10.7 Å². The second kappa shape index (κ2) is 2.95. The molecule has 7 nitrogen and oxygen atoms in total. The summed E-state index contributed by atoms with van der Waals surface area (Å²) >= 11 is 0. The Hall–Kier alpha value is -1.66. The Morgan fingerprint density at radius 1 is 1.82 bits per heavy atom. The minimum Gasteiger partial charge on any atom is -0.465 e. The van der Waals surface area contributed by atoms with E-state index in [-0.39, 0.29) is 5.95 Å². The van der Waals surface area contributed by atoms with Gasteiger partial charge in [0.2, 0.25) is 0 Å². The van der Waals surface area contributed by atoms with Gasteiger partial charge in [0.05, 0.1) is 0 Å². The normalized spacial score (nSPS) is 9.55. The molecule has 0 fully saturated rings. The lowest BCUT2D eigenvalue weighted by molar-refractivity contribution is 0.209. The van der Waals surface area contributed by atoms with E-state index in [1.807, 2.05) is 12.2 Å². The minimum absolute atomic E-state index is 0.139. The third-order valence-corrected chi connectivity index (χ3v) is 1.05. The van der Waals surface area contributed by atoms with Gasteiger partial charge in [-0.3, -0.25) is 5.32 Å². The first kappa shape index (κ1) is 7.45. The molecule has 1 amide bonds. The van der Waals surface area contributed by atoms with Crippen molar-refractivity contribution >= 4 is 12.0 Å². The van der Waals surface area contributed by atoms with Crippen molar-refractivity contribution in [1.82, 2.24) is 20.2 Å². The number of anilines is 1. The van der Waals surface area contributed by atoms with E-state index < -0.39 is 6.09 Å². The lowest BCUT2D eigenvalue weighted by Gasteiger charge is -1.97. The van der Waals surface area contributed by atoms with E-state index >= 15 is 0 Å². The van der Waals surface area contributed by atoms with Gasteiger partial charge < -0.3 is 5.11 Å². The van der Waals surface area contributed by atoms with Crippen molar-refractivity contribution in [2.24, 2.45) is 0 Å². The van der Waals surface area contributed by atoms with Crippen LogP contribution >= 0.6 is 0 Å². The van der Waals surface area contributed by atoms with Crippen molar-refractivity contribution in [1.29, 1.82) is 0 Å². The Balaban J connectivity index is 2.76. The Labute approximate surface area is 62.0 Å². The zero-order valence-electron chi connectivity index (χ0n) is 5.85. The van der Waals surface area contributed by atoms with Crippen LogP contribution in [0.15, 0.2) is 0 Å². The molecule has 0 aliphatic heterocycles. The predicted molar refractivity (Wildman–Crippen MR) is 35.1 cm³/mol.